The summed E-state index contributed by atoms with van der Waals surface area (Å²) in [6, 6.07) is 1.47. The highest BCUT2D eigenvalue weighted by Gasteiger charge is 2.27. The third-order valence-corrected chi connectivity index (χ3v) is 2.63. The van der Waals surface area contributed by atoms with Crippen LogP contribution in [0.1, 0.15) is 12.5 Å². The van der Waals surface area contributed by atoms with E-state index in [1.807, 2.05) is 0 Å². The fourth-order valence-corrected chi connectivity index (χ4v) is 1.66. The van der Waals surface area contributed by atoms with Gasteiger partial charge in [-0.3, -0.25) is 14.9 Å². The summed E-state index contributed by atoms with van der Waals surface area (Å²) in [7, 11) is 0. The molecule has 19 heavy (non-hydrogen) atoms. The third-order valence-electron chi connectivity index (χ3n) is 2.29. The first-order chi connectivity index (χ1) is 8.88. The van der Waals surface area contributed by atoms with Gasteiger partial charge >= 0.3 is 5.97 Å². The van der Waals surface area contributed by atoms with Crippen molar-refractivity contribution in [3.05, 3.63) is 39.4 Å². The van der Waals surface area contributed by atoms with E-state index >= 15 is 0 Å². The molecule has 0 aromatic heterocycles. The number of carbonyl (C=O) groups excluding carboxylic acids is 1. The van der Waals surface area contributed by atoms with Gasteiger partial charge in [-0.05, 0) is 13.0 Å². The zero-order valence-corrected chi connectivity index (χ0v) is 10.6. The number of halogens is 3. The molecular weight excluding hydrogens is 284 g/mol. The maximum absolute atomic E-state index is 13.5. The molecule has 8 heteroatoms. The van der Waals surface area contributed by atoms with Crippen molar-refractivity contribution >= 4 is 23.3 Å². The summed E-state index contributed by atoms with van der Waals surface area (Å²) in [5.74, 6) is -3.47. The number of nitro groups is 1. The topological polar surface area (TPSA) is 69.4 Å². The summed E-state index contributed by atoms with van der Waals surface area (Å²) in [5, 5.41) is 9.40. The Hall–Kier alpha value is -1.76. The minimum atomic E-state index is -1.39. The molecule has 0 bridgehead atoms. The van der Waals surface area contributed by atoms with Gasteiger partial charge < -0.3 is 4.74 Å². The van der Waals surface area contributed by atoms with Gasteiger partial charge in [0, 0.05) is 12.5 Å². The molecule has 0 N–H and O–H groups in total. The van der Waals surface area contributed by atoms with Gasteiger partial charge in [0.15, 0.2) is 11.6 Å². The summed E-state index contributed by atoms with van der Waals surface area (Å²) in [5.41, 5.74) is -1.19. The third kappa shape index (κ3) is 3.60. The Morgan fingerprint density at radius 2 is 2.16 bits per heavy atom. The Bertz CT molecular complexity index is 510. The molecule has 1 aromatic carbocycles. The lowest BCUT2D eigenvalue weighted by molar-refractivity contribution is -0.385. The average molecular weight is 294 g/mol. The molecule has 0 amide bonds. The molecule has 0 heterocycles. The number of hydrogen-bond acceptors (Lipinski definition) is 4. The van der Waals surface area contributed by atoms with Crippen LogP contribution in [0, 0.1) is 21.7 Å². The van der Waals surface area contributed by atoms with Crippen LogP contribution in [0.15, 0.2) is 12.1 Å². The van der Waals surface area contributed by atoms with E-state index in [0.29, 0.717) is 6.07 Å². The first kappa shape index (κ1) is 15.3. The van der Waals surface area contributed by atoms with Crippen LogP contribution in [-0.4, -0.2) is 22.9 Å². The summed E-state index contributed by atoms with van der Waals surface area (Å²) >= 11 is 5.66. The normalized spacial score (nSPS) is 12.0. The largest absolute Gasteiger partial charge is 0.465 e. The highest BCUT2D eigenvalue weighted by molar-refractivity contribution is 6.30. The lowest BCUT2D eigenvalue weighted by atomic mass is 10.1. The van der Waals surface area contributed by atoms with Crippen LogP contribution in [-0.2, 0) is 16.0 Å². The Kier molecular flexibility index (Phi) is 5.17. The minimum absolute atomic E-state index is 0.0653. The molecule has 1 unspecified atom stereocenters. The van der Waals surface area contributed by atoms with E-state index < -0.39 is 45.6 Å². The summed E-state index contributed by atoms with van der Waals surface area (Å²) in [6.45, 7) is 1.61. The fourth-order valence-electron chi connectivity index (χ4n) is 1.44. The standard InChI is InChI=1S/C11H10ClF2NO4/c1-2-19-11(16)7(12)5-6-9(15(17)18)4-3-8(13)10(6)14/h3-4,7H,2,5H2,1H3. The molecule has 0 fully saturated rings. The highest BCUT2D eigenvalue weighted by atomic mass is 35.5. The van der Waals surface area contributed by atoms with Gasteiger partial charge in [-0.2, -0.15) is 0 Å². The number of benzene rings is 1. The smallest absolute Gasteiger partial charge is 0.324 e. The lowest BCUT2D eigenvalue weighted by Crippen LogP contribution is -2.21. The van der Waals surface area contributed by atoms with Gasteiger partial charge in [0.2, 0.25) is 0 Å². The number of nitro benzene ring substituents is 1. The van der Waals surface area contributed by atoms with E-state index in [2.05, 4.69) is 4.74 Å². The molecule has 0 aliphatic carbocycles. The number of nitrogens with zero attached hydrogens (tertiary/aromatic N) is 1. The Balaban J connectivity index is 3.08. The first-order valence-corrected chi connectivity index (χ1v) is 5.74. The van der Waals surface area contributed by atoms with E-state index in [0.717, 1.165) is 6.07 Å². The van der Waals surface area contributed by atoms with Gasteiger partial charge in [-0.15, -0.1) is 11.6 Å². The summed E-state index contributed by atoms with van der Waals surface area (Å²) in [4.78, 5) is 21.1. The van der Waals surface area contributed by atoms with E-state index in [1.165, 1.54) is 0 Å². The van der Waals surface area contributed by atoms with Gasteiger partial charge in [-0.1, -0.05) is 0 Å². The predicted molar refractivity (Wildman–Crippen MR) is 63.0 cm³/mol. The Morgan fingerprint density at radius 3 is 2.68 bits per heavy atom. The highest BCUT2D eigenvalue weighted by Crippen LogP contribution is 2.26. The fraction of sp³-hybridized carbons (Fsp3) is 0.364. The van der Waals surface area contributed by atoms with Crippen LogP contribution in [0.5, 0.6) is 0 Å². The van der Waals surface area contributed by atoms with Gasteiger partial charge in [0.1, 0.15) is 5.38 Å². The quantitative estimate of drug-likeness (QED) is 0.362. The SMILES string of the molecule is CCOC(=O)C(Cl)Cc1c([N+](=O)[O-])ccc(F)c1F. The van der Waals surface area contributed by atoms with E-state index in [1.54, 1.807) is 6.92 Å². The van der Waals surface area contributed by atoms with Gasteiger partial charge in [-0.25, -0.2) is 8.78 Å². The molecule has 1 rings (SSSR count). The van der Waals surface area contributed by atoms with Crippen LogP contribution in [0.2, 0.25) is 0 Å². The Labute approximate surface area is 112 Å². The molecule has 0 aliphatic heterocycles. The Morgan fingerprint density at radius 1 is 1.53 bits per heavy atom. The van der Waals surface area contributed by atoms with Crippen molar-refractivity contribution in [3.63, 3.8) is 0 Å². The molecule has 0 radical (unpaired) electrons. The molecule has 0 saturated heterocycles. The van der Waals surface area contributed by atoms with Crippen molar-refractivity contribution < 1.29 is 23.2 Å². The summed E-state index contributed by atoms with van der Waals surface area (Å²) in [6.07, 6.45) is -0.527. The van der Waals surface area contributed by atoms with Crippen molar-refractivity contribution in [2.24, 2.45) is 0 Å². The second-order valence-corrected chi connectivity index (χ2v) is 4.07. The number of ether oxygens (including phenoxy) is 1. The number of hydrogen-bond donors (Lipinski definition) is 0. The molecule has 104 valence electrons. The minimum Gasteiger partial charge on any atom is -0.465 e. The summed E-state index contributed by atoms with van der Waals surface area (Å²) < 4.78 is 31.2. The first-order valence-electron chi connectivity index (χ1n) is 5.30. The second-order valence-electron chi connectivity index (χ2n) is 3.54. The molecular formula is C11H10ClF2NO4. The number of esters is 1. The zero-order chi connectivity index (χ0) is 14.6. The van der Waals surface area contributed by atoms with E-state index in [4.69, 9.17) is 11.6 Å². The number of carbonyl (C=O) groups is 1. The molecule has 1 atom stereocenters. The predicted octanol–water partition coefficient (Wildman–Crippen LogP) is 2.59. The maximum Gasteiger partial charge on any atom is 0.324 e. The molecule has 0 spiro atoms. The van der Waals surface area contributed by atoms with Crippen LogP contribution in [0.25, 0.3) is 0 Å². The van der Waals surface area contributed by atoms with E-state index in [-0.39, 0.29) is 6.61 Å². The molecule has 0 saturated carbocycles. The maximum atomic E-state index is 13.5. The van der Waals surface area contributed by atoms with Gasteiger partial charge in [0.25, 0.3) is 5.69 Å². The van der Waals surface area contributed by atoms with Crippen LogP contribution >= 0.6 is 11.6 Å². The van der Waals surface area contributed by atoms with Crippen molar-refractivity contribution in [2.45, 2.75) is 18.7 Å². The average Bonchev–Trinajstić information content (AvgIpc) is 2.34. The van der Waals surface area contributed by atoms with Crippen LogP contribution in [0.3, 0.4) is 0 Å². The van der Waals surface area contributed by atoms with Crippen LogP contribution < -0.4 is 0 Å². The second kappa shape index (κ2) is 6.42. The van der Waals surface area contributed by atoms with E-state index in [9.17, 15) is 23.7 Å². The van der Waals surface area contributed by atoms with Crippen molar-refractivity contribution in [2.75, 3.05) is 6.61 Å². The molecule has 1 aromatic rings. The lowest BCUT2D eigenvalue weighted by Gasteiger charge is -2.10. The number of rotatable bonds is 5. The van der Waals surface area contributed by atoms with Crippen molar-refractivity contribution in [1.82, 2.24) is 0 Å². The van der Waals surface area contributed by atoms with Crippen molar-refractivity contribution in [3.8, 4) is 0 Å². The van der Waals surface area contributed by atoms with Crippen LogP contribution in [0.4, 0.5) is 14.5 Å². The molecule has 0 aliphatic rings. The monoisotopic (exact) mass is 293 g/mol. The molecule has 5 nitrogen and oxygen atoms in total. The van der Waals surface area contributed by atoms with Crippen molar-refractivity contribution in [1.29, 1.82) is 0 Å². The van der Waals surface area contributed by atoms with Gasteiger partial charge in [0.05, 0.1) is 17.1 Å². The zero-order valence-electron chi connectivity index (χ0n) is 9.86. The number of alkyl halides is 1.